The molecular formula is C20H8Br4S3. The highest BCUT2D eigenvalue weighted by atomic mass is 79.9. The quantitative estimate of drug-likeness (QED) is 0.176. The van der Waals surface area contributed by atoms with Crippen molar-refractivity contribution in [2.45, 2.75) is 0 Å². The van der Waals surface area contributed by atoms with Crippen LogP contribution in [0.1, 0.15) is 0 Å². The summed E-state index contributed by atoms with van der Waals surface area (Å²) in [7, 11) is 0. The summed E-state index contributed by atoms with van der Waals surface area (Å²) in [5, 5.41) is 2.71. The molecule has 0 radical (unpaired) electrons. The molecule has 2 aromatic carbocycles. The van der Waals surface area contributed by atoms with Crippen LogP contribution in [0.2, 0.25) is 0 Å². The van der Waals surface area contributed by atoms with Crippen molar-refractivity contribution >= 4 is 117 Å². The molecule has 0 bridgehead atoms. The molecule has 134 valence electrons. The summed E-state index contributed by atoms with van der Waals surface area (Å²) in [5.41, 5.74) is 5.05. The Hall–Kier alpha value is -0.0200. The highest BCUT2D eigenvalue weighted by Gasteiger charge is 2.23. The van der Waals surface area contributed by atoms with Crippen LogP contribution in [0.5, 0.6) is 0 Å². The van der Waals surface area contributed by atoms with Gasteiger partial charge in [0.05, 0.1) is 15.6 Å². The Morgan fingerprint density at radius 1 is 0.481 bits per heavy atom. The van der Waals surface area contributed by atoms with Crippen molar-refractivity contribution in [3.05, 3.63) is 65.0 Å². The maximum Gasteiger partial charge on any atom is 0.0905 e. The van der Waals surface area contributed by atoms with Gasteiger partial charge < -0.3 is 0 Å². The van der Waals surface area contributed by atoms with Crippen LogP contribution in [0.4, 0.5) is 0 Å². The first-order valence-corrected chi connectivity index (χ1v) is 13.5. The summed E-state index contributed by atoms with van der Waals surface area (Å²) in [4.78, 5) is 0. The minimum absolute atomic E-state index is 1.10. The van der Waals surface area contributed by atoms with E-state index >= 15 is 0 Å². The average Bonchev–Trinajstić information content (AvgIpc) is 3.23. The second-order valence-corrected chi connectivity index (χ2v) is 14.0. The van der Waals surface area contributed by atoms with Gasteiger partial charge in [-0.2, -0.15) is 0 Å². The van der Waals surface area contributed by atoms with Crippen LogP contribution < -0.4 is 0 Å². The van der Waals surface area contributed by atoms with E-state index in [1.165, 1.54) is 48.6 Å². The second kappa shape index (κ2) is 7.35. The first kappa shape index (κ1) is 19.0. The normalized spacial score (nSPS) is 11.7. The van der Waals surface area contributed by atoms with Crippen LogP contribution in [-0.2, 0) is 0 Å². The van der Waals surface area contributed by atoms with Gasteiger partial charge in [-0.15, -0.1) is 34.0 Å². The Labute approximate surface area is 201 Å². The van der Waals surface area contributed by atoms with Gasteiger partial charge in [0.2, 0.25) is 0 Å². The zero-order valence-electron chi connectivity index (χ0n) is 13.4. The Morgan fingerprint density at radius 2 is 0.852 bits per heavy atom. The molecule has 0 nitrogen and oxygen atoms in total. The Bertz CT molecular complexity index is 1190. The largest absolute Gasteiger partial charge is 0.116 e. The van der Waals surface area contributed by atoms with Gasteiger partial charge in [0.15, 0.2) is 0 Å². The standard InChI is InChI=1S/C20H8Br4S3/c21-11-5-1-9(2-6-11)13-15-16-14(10-3-7-12(22)8-4-10)18(24)26-20(16)27-19(15)25-17(13)23/h1-8H. The van der Waals surface area contributed by atoms with Gasteiger partial charge in [-0.1, -0.05) is 56.1 Å². The molecule has 0 atom stereocenters. The van der Waals surface area contributed by atoms with E-state index in [0.29, 0.717) is 0 Å². The van der Waals surface area contributed by atoms with Crippen LogP contribution >= 0.6 is 97.7 Å². The second-order valence-electron chi connectivity index (χ2n) is 5.94. The van der Waals surface area contributed by atoms with Crippen LogP contribution in [0.25, 0.3) is 41.1 Å². The van der Waals surface area contributed by atoms with Crippen molar-refractivity contribution in [2.75, 3.05) is 0 Å². The molecule has 0 aliphatic rings. The third-order valence-corrected chi connectivity index (χ3v) is 10.5. The lowest BCUT2D eigenvalue weighted by atomic mass is 10.0. The lowest BCUT2D eigenvalue weighted by molar-refractivity contribution is 1.63. The van der Waals surface area contributed by atoms with Crippen molar-refractivity contribution in [1.29, 1.82) is 0 Å². The molecular weight excluding hydrogens is 656 g/mol. The average molecular weight is 664 g/mol. The fourth-order valence-corrected chi connectivity index (χ4v) is 10.0. The van der Waals surface area contributed by atoms with Gasteiger partial charge >= 0.3 is 0 Å². The molecule has 0 saturated heterocycles. The smallest absolute Gasteiger partial charge is 0.0905 e. The molecule has 27 heavy (non-hydrogen) atoms. The van der Waals surface area contributed by atoms with Crippen LogP contribution in [0.3, 0.4) is 0 Å². The maximum absolute atomic E-state index is 3.83. The molecule has 3 aromatic heterocycles. The molecule has 0 aliphatic heterocycles. The number of rotatable bonds is 2. The van der Waals surface area contributed by atoms with Crippen LogP contribution in [-0.4, -0.2) is 0 Å². The fourth-order valence-electron chi connectivity index (χ4n) is 3.20. The molecule has 5 rings (SSSR count). The van der Waals surface area contributed by atoms with Crippen LogP contribution in [0, 0.1) is 0 Å². The van der Waals surface area contributed by atoms with E-state index in [0.717, 1.165) is 8.95 Å². The zero-order chi connectivity index (χ0) is 18.7. The predicted octanol–water partition coefficient (Wildman–Crippen LogP) is 10.6. The summed E-state index contributed by atoms with van der Waals surface area (Å²) in [6.07, 6.45) is 0. The van der Waals surface area contributed by atoms with Crippen molar-refractivity contribution in [2.24, 2.45) is 0 Å². The summed E-state index contributed by atoms with van der Waals surface area (Å²) in [5.74, 6) is 0. The van der Waals surface area contributed by atoms with Gasteiger partial charge in [-0.25, -0.2) is 0 Å². The molecule has 0 saturated carbocycles. The number of halogens is 4. The Morgan fingerprint density at radius 3 is 1.22 bits per heavy atom. The van der Waals surface area contributed by atoms with Crippen molar-refractivity contribution in [1.82, 2.24) is 0 Å². The molecule has 0 amide bonds. The SMILES string of the molecule is Brc1ccc(-c2c(Br)sc3sc4sc(Br)c(-c5ccc(Br)cc5)c4c23)cc1. The summed E-state index contributed by atoms with van der Waals surface area (Å²) < 4.78 is 7.31. The van der Waals surface area contributed by atoms with Crippen LogP contribution in [0.15, 0.2) is 65.0 Å². The third kappa shape index (κ3) is 3.23. The van der Waals surface area contributed by atoms with E-state index in [9.17, 15) is 0 Å². The molecule has 7 heteroatoms. The molecule has 0 N–H and O–H groups in total. The summed E-state index contributed by atoms with van der Waals surface area (Å²) in [6, 6.07) is 17.1. The first-order chi connectivity index (χ1) is 13.0. The van der Waals surface area contributed by atoms with Gasteiger partial charge in [-0.3, -0.25) is 0 Å². The minimum atomic E-state index is 1.10. The van der Waals surface area contributed by atoms with E-state index in [-0.39, 0.29) is 0 Å². The molecule has 5 aromatic rings. The zero-order valence-corrected chi connectivity index (χ0v) is 22.1. The van der Waals surface area contributed by atoms with E-state index < -0.39 is 0 Å². The van der Waals surface area contributed by atoms with Gasteiger partial charge in [0.1, 0.15) is 0 Å². The highest BCUT2D eigenvalue weighted by molar-refractivity contribution is 9.11. The van der Waals surface area contributed by atoms with Crippen molar-refractivity contribution in [3.63, 3.8) is 0 Å². The summed E-state index contributed by atoms with van der Waals surface area (Å²) in [6.45, 7) is 0. The van der Waals surface area contributed by atoms with Gasteiger partial charge in [0.25, 0.3) is 0 Å². The lowest BCUT2D eigenvalue weighted by Crippen LogP contribution is -1.79. The molecule has 0 unspecified atom stereocenters. The maximum atomic E-state index is 3.83. The first-order valence-electron chi connectivity index (χ1n) is 7.87. The topological polar surface area (TPSA) is 0 Å². The highest BCUT2D eigenvalue weighted by Crippen LogP contribution is 2.55. The van der Waals surface area contributed by atoms with Gasteiger partial charge in [0, 0.05) is 30.8 Å². The third-order valence-electron chi connectivity index (χ3n) is 4.37. The predicted molar refractivity (Wildman–Crippen MR) is 137 cm³/mol. The molecule has 3 heterocycles. The number of fused-ring (bicyclic) bond motifs is 3. The fraction of sp³-hybridized carbons (Fsp3) is 0. The Kier molecular flexibility index (Phi) is 5.16. The van der Waals surface area contributed by atoms with Gasteiger partial charge in [-0.05, 0) is 67.3 Å². The van der Waals surface area contributed by atoms with E-state index in [4.69, 9.17) is 0 Å². The Balaban J connectivity index is 1.87. The summed E-state index contributed by atoms with van der Waals surface area (Å²) >= 11 is 20.3. The number of thiophene rings is 3. The van der Waals surface area contributed by atoms with E-state index in [1.54, 1.807) is 0 Å². The molecule has 0 fully saturated rings. The lowest BCUT2D eigenvalue weighted by Gasteiger charge is -2.04. The number of benzene rings is 2. The van der Waals surface area contributed by atoms with E-state index in [1.807, 2.05) is 34.0 Å². The minimum Gasteiger partial charge on any atom is -0.116 e. The number of hydrogen-bond donors (Lipinski definition) is 0. The van der Waals surface area contributed by atoms with E-state index in [2.05, 4.69) is 112 Å². The number of hydrogen-bond acceptors (Lipinski definition) is 3. The molecule has 0 aliphatic carbocycles. The monoisotopic (exact) mass is 660 g/mol. The van der Waals surface area contributed by atoms with Crippen molar-refractivity contribution < 1.29 is 0 Å². The molecule has 0 spiro atoms. The van der Waals surface area contributed by atoms with Crippen molar-refractivity contribution in [3.8, 4) is 22.3 Å².